The first kappa shape index (κ1) is 26.9. The topological polar surface area (TPSA) is 77.1 Å². The molecule has 8 nitrogen and oxygen atoms in total. The first-order valence-corrected chi connectivity index (χ1v) is 14.4. The molecule has 2 saturated heterocycles. The summed E-state index contributed by atoms with van der Waals surface area (Å²) in [6.07, 6.45) is 9.17. The van der Waals surface area contributed by atoms with Gasteiger partial charge < -0.3 is 9.80 Å². The normalized spacial score (nSPS) is 18.4. The van der Waals surface area contributed by atoms with Crippen LogP contribution in [0.25, 0.3) is 6.08 Å². The number of anilines is 1. The zero-order valence-electron chi connectivity index (χ0n) is 23.2. The van der Waals surface area contributed by atoms with Crippen LogP contribution in [0.3, 0.4) is 0 Å². The summed E-state index contributed by atoms with van der Waals surface area (Å²) in [6, 6.07) is 19.5. The summed E-state index contributed by atoms with van der Waals surface area (Å²) in [5, 5.41) is 0. The molecule has 0 radical (unpaired) electrons. The van der Waals surface area contributed by atoms with E-state index in [1.165, 1.54) is 10.5 Å². The van der Waals surface area contributed by atoms with Crippen LogP contribution in [0.4, 0.5) is 5.69 Å². The Morgan fingerprint density at radius 2 is 1.63 bits per heavy atom. The molecule has 6 rings (SSSR count). The maximum absolute atomic E-state index is 13.4. The third kappa shape index (κ3) is 5.79. The molecule has 3 aliphatic rings. The molecule has 210 valence electrons. The van der Waals surface area contributed by atoms with Gasteiger partial charge in [-0.2, -0.15) is 0 Å². The Morgan fingerprint density at radius 1 is 0.854 bits per heavy atom. The summed E-state index contributed by atoms with van der Waals surface area (Å²) in [6.45, 7) is 5.73. The van der Waals surface area contributed by atoms with Gasteiger partial charge in [0.1, 0.15) is 0 Å². The zero-order valence-corrected chi connectivity index (χ0v) is 23.2. The van der Waals surface area contributed by atoms with E-state index in [0.717, 1.165) is 56.8 Å². The quantitative estimate of drug-likeness (QED) is 0.416. The van der Waals surface area contributed by atoms with Crippen molar-refractivity contribution in [2.75, 3.05) is 50.7 Å². The van der Waals surface area contributed by atoms with Gasteiger partial charge in [0.05, 0.1) is 23.4 Å². The lowest BCUT2D eigenvalue weighted by Crippen LogP contribution is -2.51. The lowest BCUT2D eigenvalue weighted by atomic mass is 9.93. The van der Waals surface area contributed by atoms with Crippen molar-refractivity contribution < 1.29 is 14.4 Å². The van der Waals surface area contributed by atoms with E-state index in [1.807, 2.05) is 41.3 Å². The van der Waals surface area contributed by atoms with E-state index < -0.39 is 0 Å². The van der Waals surface area contributed by atoms with Crippen LogP contribution in [0.15, 0.2) is 79.1 Å². The van der Waals surface area contributed by atoms with Gasteiger partial charge in [0.2, 0.25) is 5.91 Å². The molecule has 3 aliphatic heterocycles. The van der Waals surface area contributed by atoms with E-state index >= 15 is 0 Å². The minimum Gasteiger partial charge on any atom is -0.371 e. The van der Waals surface area contributed by atoms with Crippen LogP contribution in [0.2, 0.25) is 0 Å². The predicted molar refractivity (Wildman–Crippen MR) is 158 cm³/mol. The fourth-order valence-electron chi connectivity index (χ4n) is 6.08. The largest absolute Gasteiger partial charge is 0.371 e. The lowest BCUT2D eigenvalue weighted by Gasteiger charge is -2.39. The summed E-state index contributed by atoms with van der Waals surface area (Å²) in [5.41, 5.74) is 3.73. The van der Waals surface area contributed by atoms with Crippen molar-refractivity contribution in [3.8, 4) is 0 Å². The Hall–Kier alpha value is -4.30. The van der Waals surface area contributed by atoms with Gasteiger partial charge in [-0.25, -0.2) is 0 Å². The number of pyridine rings is 1. The SMILES string of the molecule is O=C(C1CCN(c2cccc3c2C(=O)N(Cc2cccnc2)C3=O)CC1)N1CCN(CC=Cc2ccccc2)CC1. The smallest absolute Gasteiger partial charge is 0.263 e. The Kier molecular flexibility index (Phi) is 7.91. The van der Waals surface area contributed by atoms with Crippen molar-refractivity contribution in [1.29, 1.82) is 0 Å². The molecule has 1 aromatic heterocycles. The number of rotatable bonds is 7. The summed E-state index contributed by atoms with van der Waals surface area (Å²) >= 11 is 0. The van der Waals surface area contributed by atoms with Gasteiger partial charge in [-0.05, 0) is 42.2 Å². The van der Waals surface area contributed by atoms with Crippen LogP contribution < -0.4 is 4.90 Å². The number of fused-ring (bicyclic) bond motifs is 1. The number of hydrogen-bond donors (Lipinski definition) is 0. The highest BCUT2D eigenvalue weighted by molar-refractivity contribution is 6.23. The highest BCUT2D eigenvalue weighted by atomic mass is 16.2. The third-order valence-electron chi connectivity index (χ3n) is 8.38. The fourth-order valence-corrected chi connectivity index (χ4v) is 6.08. The first-order valence-electron chi connectivity index (χ1n) is 14.4. The maximum Gasteiger partial charge on any atom is 0.263 e. The highest BCUT2D eigenvalue weighted by Gasteiger charge is 2.39. The second-order valence-electron chi connectivity index (χ2n) is 11.0. The third-order valence-corrected chi connectivity index (χ3v) is 8.38. The number of carbonyl (C=O) groups excluding carboxylic acids is 3. The molecular weight excluding hydrogens is 514 g/mol. The first-order chi connectivity index (χ1) is 20.1. The van der Waals surface area contributed by atoms with E-state index in [2.05, 4.69) is 39.1 Å². The molecule has 8 heteroatoms. The fraction of sp³-hybridized carbons (Fsp3) is 0.333. The average Bonchev–Trinajstić information content (AvgIpc) is 3.27. The molecular formula is C33H35N5O3. The Labute approximate surface area is 240 Å². The minimum absolute atomic E-state index is 0.00745. The van der Waals surface area contributed by atoms with E-state index in [1.54, 1.807) is 24.5 Å². The number of piperidine rings is 1. The van der Waals surface area contributed by atoms with Gasteiger partial charge in [0.25, 0.3) is 11.8 Å². The van der Waals surface area contributed by atoms with Crippen molar-refractivity contribution in [3.05, 3.63) is 101 Å². The Bertz CT molecular complexity index is 1430. The van der Waals surface area contributed by atoms with Gasteiger partial charge >= 0.3 is 0 Å². The number of nitrogens with zero attached hydrogens (tertiary/aromatic N) is 5. The molecule has 0 spiro atoms. The van der Waals surface area contributed by atoms with Crippen LogP contribution in [0.1, 0.15) is 44.7 Å². The van der Waals surface area contributed by atoms with Gasteiger partial charge in [0, 0.05) is 64.1 Å². The molecule has 0 N–H and O–H groups in total. The predicted octanol–water partition coefficient (Wildman–Crippen LogP) is 3.95. The Balaban J connectivity index is 1.02. The summed E-state index contributed by atoms with van der Waals surface area (Å²) < 4.78 is 0. The van der Waals surface area contributed by atoms with Crippen molar-refractivity contribution in [2.24, 2.45) is 5.92 Å². The minimum atomic E-state index is -0.268. The Morgan fingerprint density at radius 3 is 2.37 bits per heavy atom. The van der Waals surface area contributed by atoms with Crippen LogP contribution in [0, 0.1) is 5.92 Å². The molecule has 0 saturated carbocycles. The van der Waals surface area contributed by atoms with E-state index in [0.29, 0.717) is 24.2 Å². The number of piperazine rings is 1. The monoisotopic (exact) mass is 549 g/mol. The molecule has 0 atom stereocenters. The summed E-state index contributed by atoms with van der Waals surface area (Å²) in [7, 11) is 0. The lowest BCUT2D eigenvalue weighted by molar-refractivity contribution is -0.137. The number of hydrogen-bond acceptors (Lipinski definition) is 6. The molecule has 2 aromatic carbocycles. The van der Waals surface area contributed by atoms with E-state index in [9.17, 15) is 14.4 Å². The van der Waals surface area contributed by atoms with Gasteiger partial charge in [0.15, 0.2) is 0 Å². The number of amides is 3. The number of aromatic nitrogens is 1. The van der Waals surface area contributed by atoms with Gasteiger partial charge in [-0.15, -0.1) is 0 Å². The molecule has 4 heterocycles. The van der Waals surface area contributed by atoms with Crippen LogP contribution in [-0.2, 0) is 11.3 Å². The standard InChI is InChI=1S/C33H35N5O3/c39-31(37-21-19-35(20-22-37)16-6-10-25-7-2-1-3-8-25)27-13-17-36(18-14-27)29-12-4-11-28-30(29)33(41)38(32(28)40)24-26-9-5-15-34-23-26/h1-12,15,23,27H,13-14,16-22,24H2. The molecule has 0 aliphatic carbocycles. The van der Waals surface area contributed by atoms with Crippen LogP contribution >= 0.6 is 0 Å². The van der Waals surface area contributed by atoms with Crippen LogP contribution in [0.5, 0.6) is 0 Å². The zero-order chi connectivity index (χ0) is 28.2. The molecule has 2 fully saturated rings. The summed E-state index contributed by atoms with van der Waals surface area (Å²) in [5.74, 6) is -0.294. The molecule has 3 aromatic rings. The van der Waals surface area contributed by atoms with Crippen molar-refractivity contribution in [1.82, 2.24) is 19.7 Å². The number of carbonyl (C=O) groups is 3. The average molecular weight is 550 g/mol. The van der Waals surface area contributed by atoms with Crippen molar-refractivity contribution in [3.63, 3.8) is 0 Å². The molecule has 41 heavy (non-hydrogen) atoms. The molecule has 0 bridgehead atoms. The van der Waals surface area contributed by atoms with Gasteiger partial charge in [-0.1, -0.05) is 54.6 Å². The molecule has 3 amide bonds. The molecule has 0 unspecified atom stereocenters. The van der Waals surface area contributed by atoms with E-state index in [4.69, 9.17) is 0 Å². The number of imide groups is 1. The van der Waals surface area contributed by atoms with Gasteiger partial charge in [-0.3, -0.25) is 29.2 Å². The second-order valence-corrected chi connectivity index (χ2v) is 11.0. The second kappa shape index (κ2) is 12.1. The van der Waals surface area contributed by atoms with Crippen LogP contribution in [-0.4, -0.2) is 83.2 Å². The van der Waals surface area contributed by atoms with Crippen molar-refractivity contribution >= 4 is 29.5 Å². The highest BCUT2D eigenvalue weighted by Crippen LogP contribution is 2.35. The van der Waals surface area contributed by atoms with E-state index in [-0.39, 0.29) is 30.2 Å². The number of benzene rings is 2. The van der Waals surface area contributed by atoms with Crippen molar-refractivity contribution in [2.45, 2.75) is 19.4 Å². The maximum atomic E-state index is 13.4. The summed E-state index contributed by atoms with van der Waals surface area (Å²) in [4.78, 5) is 51.9.